The quantitative estimate of drug-likeness (QED) is 0.555. The van der Waals surface area contributed by atoms with Gasteiger partial charge in [-0.1, -0.05) is 23.7 Å². The first-order valence-corrected chi connectivity index (χ1v) is 9.71. The number of aryl methyl sites for hydroxylation is 2. The van der Waals surface area contributed by atoms with E-state index in [9.17, 15) is 9.59 Å². The van der Waals surface area contributed by atoms with E-state index in [0.717, 1.165) is 22.3 Å². The maximum Gasteiger partial charge on any atom is 0.252 e. The van der Waals surface area contributed by atoms with Crippen molar-refractivity contribution in [3.8, 4) is 11.3 Å². The minimum atomic E-state index is -0.218. The van der Waals surface area contributed by atoms with Gasteiger partial charge in [0.2, 0.25) is 5.91 Å². The van der Waals surface area contributed by atoms with Crippen molar-refractivity contribution >= 4 is 45.1 Å². The summed E-state index contributed by atoms with van der Waals surface area (Å²) in [7, 11) is 1.66. The first-order chi connectivity index (χ1) is 13.4. The number of carbonyl (C=O) groups excluding carboxylic acids is 1. The van der Waals surface area contributed by atoms with E-state index in [0.29, 0.717) is 15.8 Å². The zero-order chi connectivity index (χ0) is 19.8. The topological polar surface area (TPSA) is 81.8 Å². The van der Waals surface area contributed by atoms with Crippen LogP contribution in [0.15, 0.2) is 46.8 Å². The molecule has 0 spiro atoms. The predicted molar refractivity (Wildman–Crippen MR) is 111 cm³/mol. The minimum Gasteiger partial charge on any atom is -0.320 e. The minimum absolute atomic E-state index is 0.0748. The zero-order valence-corrected chi connectivity index (χ0v) is 16.7. The molecule has 0 aliphatic heterocycles. The Labute approximate surface area is 169 Å². The molecule has 1 aromatic carbocycles. The van der Waals surface area contributed by atoms with Crippen LogP contribution in [-0.4, -0.2) is 25.0 Å². The van der Waals surface area contributed by atoms with Crippen LogP contribution < -0.4 is 10.9 Å². The van der Waals surface area contributed by atoms with E-state index >= 15 is 0 Å². The summed E-state index contributed by atoms with van der Waals surface area (Å²) in [6, 6.07) is 8.90. The molecular weight excluding hydrogens is 398 g/mol. The molecule has 0 unspecified atom stereocenters. The lowest BCUT2D eigenvalue weighted by molar-refractivity contribution is -0.116. The number of hydrogen-bond donors (Lipinski definition) is 1. The van der Waals surface area contributed by atoms with Gasteiger partial charge in [-0.3, -0.25) is 14.2 Å². The number of carbonyl (C=O) groups is 1. The largest absolute Gasteiger partial charge is 0.320 e. The van der Waals surface area contributed by atoms with Gasteiger partial charge in [-0.15, -0.1) is 11.3 Å². The van der Waals surface area contributed by atoms with Crippen LogP contribution in [0.2, 0.25) is 5.02 Å². The van der Waals surface area contributed by atoms with Crippen LogP contribution in [0.4, 0.5) is 5.13 Å². The number of benzene rings is 1. The summed E-state index contributed by atoms with van der Waals surface area (Å²) < 4.78 is 3.20. The van der Waals surface area contributed by atoms with E-state index in [2.05, 4.69) is 15.3 Å². The average Bonchev–Trinajstić information content (AvgIpc) is 3.28. The van der Waals surface area contributed by atoms with Gasteiger partial charge in [-0.2, -0.15) is 0 Å². The van der Waals surface area contributed by atoms with Crippen LogP contribution in [-0.2, 0) is 18.4 Å². The van der Waals surface area contributed by atoms with Crippen molar-refractivity contribution < 1.29 is 4.79 Å². The molecule has 3 aromatic heterocycles. The normalized spacial score (nSPS) is 11.1. The summed E-state index contributed by atoms with van der Waals surface area (Å²) in [5.74, 6) is -0.218. The number of thiazole rings is 1. The van der Waals surface area contributed by atoms with E-state index in [1.165, 1.54) is 22.0 Å². The Morgan fingerprint density at radius 2 is 2.04 bits per heavy atom. The highest BCUT2D eigenvalue weighted by Gasteiger charge is 2.14. The van der Waals surface area contributed by atoms with Crippen molar-refractivity contribution in [1.82, 2.24) is 19.1 Å². The summed E-state index contributed by atoms with van der Waals surface area (Å²) in [4.78, 5) is 33.1. The van der Waals surface area contributed by atoms with Crippen molar-refractivity contribution in [3.05, 3.63) is 63.0 Å². The van der Waals surface area contributed by atoms with Crippen molar-refractivity contribution in [2.24, 2.45) is 7.05 Å². The number of pyridine rings is 1. The molecule has 0 saturated heterocycles. The summed E-state index contributed by atoms with van der Waals surface area (Å²) >= 11 is 7.27. The molecule has 1 N–H and O–H groups in total. The second kappa shape index (κ2) is 7.21. The fourth-order valence-electron chi connectivity index (χ4n) is 2.99. The van der Waals surface area contributed by atoms with Crippen molar-refractivity contribution in [3.63, 3.8) is 0 Å². The van der Waals surface area contributed by atoms with E-state index in [4.69, 9.17) is 11.6 Å². The maximum absolute atomic E-state index is 12.5. The Morgan fingerprint density at radius 3 is 2.79 bits per heavy atom. The van der Waals surface area contributed by atoms with Gasteiger partial charge < -0.3 is 9.88 Å². The van der Waals surface area contributed by atoms with E-state index in [1.54, 1.807) is 30.1 Å². The Hall–Kier alpha value is -2.97. The van der Waals surface area contributed by atoms with Crippen LogP contribution >= 0.6 is 22.9 Å². The Kier molecular flexibility index (Phi) is 4.74. The highest BCUT2D eigenvalue weighted by Crippen LogP contribution is 2.26. The number of imidazole rings is 1. The molecule has 0 radical (unpaired) electrons. The standard InChI is InChI=1S/C19H16ClN5O2S/c1-11-7-16(27)24(2)18-17(11)25(10-21-18)8-15(26)23-19-22-14(9-28-19)12-3-5-13(20)6-4-12/h3-7,9-10H,8H2,1-2H3,(H,22,23,26). The number of nitrogens with one attached hydrogen (secondary N) is 1. The summed E-state index contributed by atoms with van der Waals surface area (Å²) in [5, 5.41) is 5.87. The number of rotatable bonds is 4. The fraction of sp³-hybridized carbons (Fsp3) is 0.158. The summed E-state index contributed by atoms with van der Waals surface area (Å²) in [5.41, 5.74) is 3.67. The molecule has 28 heavy (non-hydrogen) atoms. The van der Waals surface area contributed by atoms with Crippen LogP contribution in [0.1, 0.15) is 5.56 Å². The van der Waals surface area contributed by atoms with Gasteiger partial charge >= 0.3 is 0 Å². The number of hydrogen-bond acceptors (Lipinski definition) is 5. The van der Waals surface area contributed by atoms with E-state index in [1.807, 2.05) is 24.4 Å². The first kappa shape index (κ1) is 18.4. The molecule has 1 amide bonds. The van der Waals surface area contributed by atoms with Crippen molar-refractivity contribution in [1.29, 1.82) is 0 Å². The zero-order valence-electron chi connectivity index (χ0n) is 15.1. The van der Waals surface area contributed by atoms with Crippen LogP contribution in [0.25, 0.3) is 22.4 Å². The number of aromatic nitrogens is 4. The second-order valence-electron chi connectivity index (χ2n) is 6.36. The third-order valence-corrected chi connectivity index (χ3v) is 5.39. The van der Waals surface area contributed by atoms with Crippen molar-refractivity contribution in [2.45, 2.75) is 13.5 Å². The molecule has 0 atom stereocenters. The maximum atomic E-state index is 12.5. The lowest BCUT2D eigenvalue weighted by Crippen LogP contribution is -2.20. The number of nitrogens with zero attached hydrogens (tertiary/aromatic N) is 4. The molecule has 0 bridgehead atoms. The molecule has 9 heteroatoms. The third kappa shape index (κ3) is 3.44. The Morgan fingerprint density at radius 1 is 1.29 bits per heavy atom. The summed E-state index contributed by atoms with van der Waals surface area (Å²) in [6.45, 7) is 1.91. The third-order valence-electron chi connectivity index (χ3n) is 4.38. The van der Waals surface area contributed by atoms with Gasteiger partial charge in [0, 0.05) is 29.1 Å². The number of halogens is 1. The molecule has 7 nitrogen and oxygen atoms in total. The lowest BCUT2D eigenvalue weighted by atomic mass is 10.2. The first-order valence-electron chi connectivity index (χ1n) is 8.45. The van der Waals surface area contributed by atoms with Gasteiger partial charge in [-0.05, 0) is 24.6 Å². The van der Waals surface area contributed by atoms with E-state index < -0.39 is 0 Å². The lowest BCUT2D eigenvalue weighted by Gasteiger charge is -2.07. The smallest absolute Gasteiger partial charge is 0.252 e. The van der Waals surface area contributed by atoms with Gasteiger partial charge in [0.15, 0.2) is 10.8 Å². The fourth-order valence-corrected chi connectivity index (χ4v) is 3.85. The second-order valence-corrected chi connectivity index (χ2v) is 7.66. The Bertz CT molecular complexity index is 1240. The number of anilines is 1. The van der Waals surface area contributed by atoms with Crippen LogP contribution in [0, 0.1) is 6.92 Å². The average molecular weight is 414 g/mol. The molecule has 0 saturated carbocycles. The van der Waals surface area contributed by atoms with Crippen LogP contribution in [0.5, 0.6) is 0 Å². The van der Waals surface area contributed by atoms with Crippen molar-refractivity contribution in [2.75, 3.05) is 5.32 Å². The molecule has 0 aliphatic rings. The molecule has 3 heterocycles. The molecular formula is C19H16ClN5O2S. The van der Waals surface area contributed by atoms with Gasteiger partial charge in [0.25, 0.3) is 5.56 Å². The number of fused-ring (bicyclic) bond motifs is 1. The highest BCUT2D eigenvalue weighted by molar-refractivity contribution is 7.14. The molecule has 142 valence electrons. The predicted octanol–water partition coefficient (Wildman–Crippen LogP) is 3.46. The van der Waals surface area contributed by atoms with E-state index in [-0.39, 0.29) is 18.0 Å². The molecule has 4 aromatic rings. The summed E-state index contributed by atoms with van der Waals surface area (Å²) in [6.07, 6.45) is 1.57. The Balaban J connectivity index is 1.53. The molecule has 0 aliphatic carbocycles. The molecule has 0 fully saturated rings. The SMILES string of the molecule is Cc1cc(=O)n(C)c2ncn(CC(=O)Nc3nc(-c4ccc(Cl)cc4)cs3)c12. The van der Waals surface area contributed by atoms with Gasteiger partial charge in [0.05, 0.1) is 17.5 Å². The monoisotopic (exact) mass is 413 g/mol. The van der Waals surface area contributed by atoms with Gasteiger partial charge in [-0.25, -0.2) is 9.97 Å². The molecule has 4 rings (SSSR count). The van der Waals surface area contributed by atoms with Crippen LogP contribution in [0.3, 0.4) is 0 Å². The number of amides is 1. The van der Waals surface area contributed by atoms with Gasteiger partial charge in [0.1, 0.15) is 6.54 Å². The highest BCUT2D eigenvalue weighted by atomic mass is 35.5.